The molecule has 0 N–H and O–H groups in total. The van der Waals surface area contributed by atoms with Crippen LogP contribution in [0.2, 0.25) is 0 Å². The molecule has 4 heteroatoms. The van der Waals surface area contributed by atoms with E-state index in [1.165, 1.54) is 12.1 Å². The highest BCUT2D eigenvalue weighted by atomic mass is 19.1. The number of anilines is 1. The van der Waals surface area contributed by atoms with Crippen LogP contribution in [0.1, 0.15) is 40.7 Å². The van der Waals surface area contributed by atoms with E-state index in [4.69, 9.17) is 5.26 Å². The topological polar surface area (TPSA) is 44.1 Å². The van der Waals surface area contributed by atoms with Gasteiger partial charge in [-0.1, -0.05) is 11.8 Å². The van der Waals surface area contributed by atoms with Gasteiger partial charge in [0.15, 0.2) is 5.78 Å². The van der Waals surface area contributed by atoms with Crippen molar-refractivity contribution in [2.45, 2.75) is 25.3 Å². The molecule has 0 bridgehead atoms. The van der Waals surface area contributed by atoms with Crippen LogP contribution in [-0.2, 0) is 0 Å². The highest BCUT2D eigenvalue weighted by Crippen LogP contribution is 2.31. The highest BCUT2D eigenvalue weighted by molar-refractivity contribution is 6.04. The van der Waals surface area contributed by atoms with Crippen molar-refractivity contribution in [2.75, 3.05) is 11.9 Å². The Bertz CT molecular complexity index is 900. The molecule has 0 saturated heterocycles. The van der Waals surface area contributed by atoms with Crippen LogP contribution < -0.4 is 4.90 Å². The summed E-state index contributed by atoms with van der Waals surface area (Å²) in [5.41, 5.74) is 3.02. The van der Waals surface area contributed by atoms with Crippen LogP contribution in [0.3, 0.4) is 0 Å². The summed E-state index contributed by atoms with van der Waals surface area (Å²) in [5.74, 6) is 5.80. The molecule has 0 radical (unpaired) electrons. The van der Waals surface area contributed by atoms with Crippen LogP contribution in [0.25, 0.3) is 0 Å². The zero-order chi connectivity index (χ0) is 17.8. The predicted octanol–water partition coefficient (Wildman–Crippen LogP) is 3.92. The van der Waals surface area contributed by atoms with Gasteiger partial charge in [-0.3, -0.25) is 4.79 Å². The van der Waals surface area contributed by atoms with Crippen molar-refractivity contribution in [2.24, 2.45) is 0 Å². The Labute approximate surface area is 146 Å². The number of carbonyl (C=O) groups excluding carboxylic acids is 1. The van der Waals surface area contributed by atoms with Gasteiger partial charge in [0.05, 0.1) is 6.07 Å². The fraction of sp³-hybridized carbons (Fsp3) is 0.238. The summed E-state index contributed by atoms with van der Waals surface area (Å²) in [7, 11) is 1.96. The molecule has 3 rings (SSSR count). The van der Waals surface area contributed by atoms with E-state index in [0.29, 0.717) is 24.8 Å². The second kappa shape index (κ2) is 7.20. The molecular weight excluding hydrogens is 315 g/mol. The van der Waals surface area contributed by atoms with Gasteiger partial charge in [0.1, 0.15) is 5.82 Å². The van der Waals surface area contributed by atoms with Gasteiger partial charge in [0.25, 0.3) is 0 Å². The average molecular weight is 332 g/mol. The van der Waals surface area contributed by atoms with Gasteiger partial charge >= 0.3 is 0 Å². The van der Waals surface area contributed by atoms with Gasteiger partial charge in [0.2, 0.25) is 0 Å². The number of hydrogen-bond acceptors (Lipinski definition) is 3. The van der Waals surface area contributed by atoms with Crippen LogP contribution in [0, 0.1) is 29.0 Å². The zero-order valence-electron chi connectivity index (χ0n) is 13.9. The number of hydrogen-bond donors (Lipinski definition) is 0. The molecule has 0 fully saturated rings. The summed E-state index contributed by atoms with van der Waals surface area (Å²) >= 11 is 0. The van der Waals surface area contributed by atoms with Crippen LogP contribution in [0.15, 0.2) is 42.5 Å². The number of ketones is 1. The van der Waals surface area contributed by atoms with Gasteiger partial charge in [0, 0.05) is 48.3 Å². The Hall–Kier alpha value is -3.11. The normalized spacial score (nSPS) is 15.8. The quantitative estimate of drug-likeness (QED) is 0.783. The number of Topliss-reactive ketones (excluding diaryl/α,β-unsaturated/α-hetero) is 1. The molecule has 2 aromatic rings. The average Bonchev–Trinajstić information content (AvgIpc) is 2.63. The van der Waals surface area contributed by atoms with Gasteiger partial charge in [-0.25, -0.2) is 4.39 Å². The Kier molecular flexibility index (Phi) is 4.82. The van der Waals surface area contributed by atoms with E-state index < -0.39 is 0 Å². The van der Waals surface area contributed by atoms with Gasteiger partial charge in [-0.2, -0.15) is 5.26 Å². The molecule has 0 amide bonds. The van der Waals surface area contributed by atoms with E-state index in [9.17, 15) is 9.18 Å². The Morgan fingerprint density at radius 1 is 1.16 bits per heavy atom. The number of nitrogens with zero attached hydrogens (tertiary/aromatic N) is 2. The minimum atomic E-state index is -0.293. The molecule has 1 aliphatic heterocycles. The van der Waals surface area contributed by atoms with Crippen LogP contribution in [0.5, 0.6) is 0 Å². The number of carbonyl (C=O) groups is 1. The monoisotopic (exact) mass is 332 g/mol. The van der Waals surface area contributed by atoms with E-state index in [1.807, 2.05) is 25.2 Å². The molecule has 0 spiro atoms. The second-order valence-corrected chi connectivity index (χ2v) is 6.08. The minimum Gasteiger partial charge on any atom is -0.371 e. The standard InChI is InChI=1S/C21H17FN2O/c1-24-18(3-2-12-23)14-21(25)19-13-16(8-11-20(19)24)5-4-15-6-9-17(22)10-7-15/h6-11,13,18H,2-3,14H2,1H3. The van der Waals surface area contributed by atoms with Gasteiger partial charge in [-0.15, -0.1) is 0 Å². The third kappa shape index (κ3) is 3.70. The number of benzene rings is 2. The summed E-state index contributed by atoms with van der Waals surface area (Å²) in [6.45, 7) is 0. The molecule has 3 nitrogen and oxygen atoms in total. The predicted molar refractivity (Wildman–Crippen MR) is 94.8 cm³/mol. The van der Waals surface area contributed by atoms with Crippen molar-refractivity contribution in [1.29, 1.82) is 5.26 Å². The number of halogens is 1. The molecule has 0 saturated carbocycles. The second-order valence-electron chi connectivity index (χ2n) is 6.08. The maximum absolute atomic E-state index is 12.9. The fourth-order valence-corrected chi connectivity index (χ4v) is 3.01. The lowest BCUT2D eigenvalue weighted by molar-refractivity contribution is 0.0966. The first-order valence-corrected chi connectivity index (χ1v) is 8.13. The van der Waals surface area contributed by atoms with E-state index in [1.54, 1.807) is 12.1 Å². The van der Waals surface area contributed by atoms with Crippen LogP contribution in [-0.4, -0.2) is 18.9 Å². The van der Waals surface area contributed by atoms with Crippen molar-refractivity contribution in [3.8, 4) is 17.9 Å². The lowest BCUT2D eigenvalue weighted by Crippen LogP contribution is -2.38. The molecule has 1 unspecified atom stereocenters. The first-order valence-electron chi connectivity index (χ1n) is 8.13. The Balaban J connectivity index is 1.86. The van der Waals surface area contributed by atoms with Crippen molar-refractivity contribution < 1.29 is 9.18 Å². The maximum Gasteiger partial charge on any atom is 0.167 e. The molecular formula is C21H17FN2O. The van der Waals surface area contributed by atoms with E-state index in [-0.39, 0.29) is 17.6 Å². The van der Waals surface area contributed by atoms with Crippen molar-refractivity contribution in [3.63, 3.8) is 0 Å². The summed E-state index contributed by atoms with van der Waals surface area (Å²) < 4.78 is 12.9. The molecule has 0 aliphatic carbocycles. The summed E-state index contributed by atoms with van der Waals surface area (Å²) in [4.78, 5) is 14.5. The number of nitriles is 1. The fourth-order valence-electron chi connectivity index (χ4n) is 3.01. The SMILES string of the molecule is CN1c2ccc(C#Cc3ccc(F)cc3)cc2C(=O)CC1CCC#N. The molecule has 1 heterocycles. The zero-order valence-corrected chi connectivity index (χ0v) is 13.9. The first kappa shape index (κ1) is 16.7. The lowest BCUT2D eigenvalue weighted by Gasteiger charge is -2.35. The van der Waals surface area contributed by atoms with Crippen molar-refractivity contribution in [3.05, 3.63) is 65.0 Å². The molecule has 0 aromatic heterocycles. The van der Waals surface area contributed by atoms with Crippen molar-refractivity contribution >= 4 is 11.5 Å². The number of rotatable bonds is 2. The molecule has 25 heavy (non-hydrogen) atoms. The lowest BCUT2D eigenvalue weighted by atomic mass is 9.91. The summed E-state index contributed by atoms with van der Waals surface area (Å²) in [6, 6.07) is 13.8. The van der Waals surface area contributed by atoms with Crippen molar-refractivity contribution in [1.82, 2.24) is 0 Å². The molecule has 1 atom stereocenters. The molecule has 2 aromatic carbocycles. The Morgan fingerprint density at radius 2 is 1.84 bits per heavy atom. The van der Waals surface area contributed by atoms with E-state index >= 15 is 0 Å². The molecule has 124 valence electrons. The minimum absolute atomic E-state index is 0.0656. The Morgan fingerprint density at radius 3 is 2.56 bits per heavy atom. The highest BCUT2D eigenvalue weighted by Gasteiger charge is 2.28. The van der Waals surface area contributed by atoms with Gasteiger partial charge in [-0.05, 0) is 48.9 Å². The first-order chi connectivity index (χ1) is 12.1. The molecule has 1 aliphatic rings. The summed E-state index contributed by atoms with van der Waals surface area (Å²) in [6.07, 6.45) is 1.54. The summed E-state index contributed by atoms with van der Waals surface area (Å²) in [5, 5.41) is 8.76. The smallest absolute Gasteiger partial charge is 0.167 e. The maximum atomic E-state index is 12.9. The largest absolute Gasteiger partial charge is 0.371 e. The third-order valence-corrected chi connectivity index (χ3v) is 4.43. The van der Waals surface area contributed by atoms with E-state index in [0.717, 1.165) is 16.8 Å². The van der Waals surface area contributed by atoms with E-state index in [2.05, 4.69) is 22.8 Å². The van der Waals surface area contributed by atoms with Gasteiger partial charge < -0.3 is 4.90 Å². The third-order valence-electron chi connectivity index (χ3n) is 4.43. The number of fused-ring (bicyclic) bond motifs is 1. The van der Waals surface area contributed by atoms with Crippen LogP contribution >= 0.6 is 0 Å². The van der Waals surface area contributed by atoms with Crippen LogP contribution in [0.4, 0.5) is 10.1 Å².